The monoisotopic (exact) mass is 486 g/mol. The lowest BCUT2D eigenvalue weighted by Gasteiger charge is -2.42. The molecule has 4 unspecified atom stereocenters. The van der Waals surface area contributed by atoms with Crippen LogP contribution < -0.4 is 0 Å². The van der Waals surface area contributed by atoms with E-state index in [2.05, 4.69) is 102 Å². The van der Waals surface area contributed by atoms with E-state index >= 15 is 0 Å². The van der Waals surface area contributed by atoms with Crippen LogP contribution in [0.15, 0.2) is 114 Å². The minimum atomic E-state index is 0.414. The summed E-state index contributed by atoms with van der Waals surface area (Å²) in [6.07, 6.45) is 21.9. The van der Waals surface area contributed by atoms with Crippen molar-refractivity contribution in [1.82, 2.24) is 0 Å². The molecule has 1 saturated carbocycles. The van der Waals surface area contributed by atoms with Gasteiger partial charge in [-0.1, -0.05) is 117 Å². The summed E-state index contributed by atoms with van der Waals surface area (Å²) in [6, 6.07) is 6.79. The zero-order chi connectivity index (χ0) is 26.3. The molecule has 0 radical (unpaired) electrons. The van der Waals surface area contributed by atoms with Crippen LogP contribution >= 0.6 is 0 Å². The maximum atomic E-state index is 4.73. The molecule has 0 spiro atoms. The molecule has 0 saturated heterocycles. The molecule has 1 aromatic carbocycles. The molecule has 0 N–H and O–H groups in total. The first-order chi connectivity index (χ1) is 17.8. The maximum Gasteiger partial charge on any atom is 0.0120 e. The Morgan fingerprint density at radius 2 is 1.89 bits per heavy atom. The van der Waals surface area contributed by atoms with Gasteiger partial charge in [0.2, 0.25) is 0 Å². The summed E-state index contributed by atoms with van der Waals surface area (Å²) >= 11 is 0. The highest BCUT2D eigenvalue weighted by Gasteiger charge is 2.45. The molecule has 0 bridgehead atoms. The Balaban J connectivity index is 1.39. The van der Waals surface area contributed by atoms with Gasteiger partial charge in [-0.2, -0.15) is 0 Å². The fourth-order valence-corrected chi connectivity index (χ4v) is 7.21. The van der Waals surface area contributed by atoms with Crippen molar-refractivity contribution in [3.63, 3.8) is 0 Å². The SMILES string of the molecule is C=C(C)c1cc(C2=CC=C(C=C3CC4=CC(C)C(C(=C)CCC)C(C5=CC=CC5)C4C3=C)C2)ccc1C. The molecular formula is C37H42. The summed E-state index contributed by atoms with van der Waals surface area (Å²) in [5, 5.41) is 0. The number of rotatable bonds is 7. The number of allylic oxidation sites excluding steroid dienone is 15. The lowest BCUT2D eigenvalue weighted by Crippen LogP contribution is -2.34. The molecule has 0 nitrogen and oxygen atoms in total. The number of hydrogen-bond acceptors (Lipinski definition) is 0. The van der Waals surface area contributed by atoms with E-state index in [-0.39, 0.29) is 0 Å². The van der Waals surface area contributed by atoms with Crippen LogP contribution in [0, 0.1) is 30.6 Å². The highest BCUT2D eigenvalue weighted by Crippen LogP contribution is 2.56. The van der Waals surface area contributed by atoms with Gasteiger partial charge in [-0.15, -0.1) is 0 Å². The van der Waals surface area contributed by atoms with Gasteiger partial charge in [0.25, 0.3) is 0 Å². The Hall–Kier alpha value is -3.12. The number of aryl methyl sites for hydroxylation is 1. The Kier molecular flexibility index (Phi) is 7.13. The maximum absolute atomic E-state index is 4.73. The summed E-state index contributed by atoms with van der Waals surface area (Å²) in [6.45, 7) is 22.4. The molecule has 0 aromatic heterocycles. The van der Waals surface area contributed by atoms with Crippen LogP contribution in [0.3, 0.4) is 0 Å². The number of hydrogen-bond donors (Lipinski definition) is 0. The van der Waals surface area contributed by atoms with Crippen LogP contribution in [0.25, 0.3) is 11.1 Å². The average molecular weight is 487 g/mol. The quantitative estimate of drug-likeness (QED) is 0.336. The standard InChI is InChI=1S/C37H42/c1-8-11-25(5)35-26(6)18-33-21-32(27(7)36(33)37(35)29-12-9-10-13-29)20-28-15-17-30(19-28)31-16-14-24(4)34(22-31)23(2)3/h9-10,12,14-18,20,22,26,35-37H,2,5,7-8,11,13,19,21H2,1,3-4,6H3. The first-order valence-corrected chi connectivity index (χ1v) is 14.1. The predicted octanol–water partition coefficient (Wildman–Crippen LogP) is 10.3. The Morgan fingerprint density at radius 3 is 2.59 bits per heavy atom. The van der Waals surface area contributed by atoms with E-state index < -0.39 is 0 Å². The Morgan fingerprint density at radius 1 is 1.08 bits per heavy atom. The van der Waals surface area contributed by atoms with Gasteiger partial charge in [-0.25, -0.2) is 0 Å². The minimum Gasteiger partial charge on any atom is -0.0995 e. The van der Waals surface area contributed by atoms with Crippen LogP contribution in [0.2, 0.25) is 0 Å². The van der Waals surface area contributed by atoms with Gasteiger partial charge in [0.1, 0.15) is 0 Å². The number of fused-ring (bicyclic) bond motifs is 1. The normalized spacial score (nSPS) is 27.7. The summed E-state index contributed by atoms with van der Waals surface area (Å²) in [7, 11) is 0. The van der Waals surface area contributed by atoms with Crippen LogP contribution in [0.5, 0.6) is 0 Å². The Labute approximate surface area is 225 Å². The van der Waals surface area contributed by atoms with Crippen molar-refractivity contribution >= 4 is 11.1 Å². The highest BCUT2D eigenvalue weighted by molar-refractivity contribution is 5.77. The molecule has 0 amide bonds. The van der Waals surface area contributed by atoms with Gasteiger partial charge < -0.3 is 0 Å². The van der Waals surface area contributed by atoms with Gasteiger partial charge in [0.15, 0.2) is 0 Å². The summed E-state index contributed by atoms with van der Waals surface area (Å²) in [5.41, 5.74) is 15.1. The molecule has 4 aliphatic carbocycles. The summed E-state index contributed by atoms with van der Waals surface area (Å²) < 4.78 is 0. The third-order valence-corrected chi connectivity index (χ3v) is 8.96. The van der Waals surface area contributed by atoms with Crippen molar-refractivity contribution in [3.8, 4) is 0 Å². The molecular weight excluding hydrogens is 444 g/mol. The van der Waals surface area contributed by atoms with E-state index in [4.69, 9.17) is 6.58 Å². The summed E-state index contributed by atoms with van der Waals surface area (Å²) in [4.78, 5) is 0. The number of benzene rings is 1. The van der Waals surface area contributed by atoms with E-state index in [1.165, 1.54) is 44.6 Å². The fraction of sp³-hybridized carbons (Fsp3) is 0.351. The molecule has 0 aliphatic heterocycles. The lowest BCUT2D eigenvalue weighted by molar-refractivity contribution is 0.281. The van der Waals surface area contributed by atoms with Crippen molar-refractivity contribution in [2.24, 2.45) is 23.7 Å². The van der Waals surface area contributed by atoms with E-state index in [1.54, 1.807) is 11.1 Å². The first-order valence-electron chi connectivity index (χ1n) is 14.1. The van der Waals surface area contributed by atoms with Gasteiger partial charge in [-0.05, 0) is 102 Å². The first kappa shape index (κ1) is 25.5. The third kappa shape index (κ3) is 4.79. The molecule has 1 aromatic rings. The predicted molar refractivity (Wildman–Crippen MR) is 162 cm³/mol. The van der Waals surface area contributed by atoms with Gasteiger partial charge in [0.05, 0.1) is 0 Å². The molecule has 1 fully saturated rings. The molecule has 4 aliphatic rings. The van der Waals surface area contributed by atoms with Crippen molar-refractivity contribution in [2.45, 2.75) is 59.8 Å². The minimum absolute atomic E-state index is 0.414. The van der Waals surface area contributed by atoms with E-state index in [0.29, 0.717) is 23.7 Å². The fourth-order valence-electron chi connectivity index (χ4n) is 7.21. The largest absolute Gasteiger partial charge is 0.0995 e. The summed E-state index contributed by atoms with van der Waals surface area (Å²) in [5.74, 6) is 1.92. The molecule has 190 valence electrons. The van der Waals surface area contributed by atoms with Crippen LogP contribution in [0.4, 0.5) is 0 Å². The Bertz CT molecular complexity index is 1340. The van der Waals surface area contributed by atoms with Crippen molar-refractivity contribution in [2.75, 3.05) is 0 Å². The van der Waals surface area contributed by atoms with Gasteiger partial charge >= 0.3 is 0 Å². The van der Waals surface area contributed by atoms with Crippen LogP contribution in [-0.4, -0.2) is 0 Å². The average Bonchev–Trinajstić information content (AvgIpc) is 3.61. The zero-order valence-corrected chi connectivity index (χ0v) is 23.2. The molecule has 0 heteroatoms. The van der Waals surface area contributed by atoms with Crippen molar-refractivity contribution in [1.29, 1.82) is 0 Å². The second-order valence-corrected chi connectivity index (χ2v) is 11.7. The smallest absolute Gasteiger partial charge is 0.0120 e. The van der Waals surface area contributed by atoms with E-state index in [0.717, 1.165) is 37.7 Å². The van der Waals surface area contributed by atoms with E-state index in [9.17, 15) is 0 Å². The van der Waals surface area contributed by atoms with Crippen molar-refractivity contribution in [3.05, 3.63) is 131 Å². The third-order valence-electron chi connectivity index (χ3n) is 8.96. The van der Waals surface area contributed by atoms with Gasteiger partial charge in [-0.3, -0.25) is 0 Å². The van der Waals surface area contributed by atoms with Gasteiger partial charge in [0, 0.05) is 5.92 Å². The van der Waals surface area contributed by atoms with E-state index in [1.807, 2.05) is 0 Å². The molecule has 5 rings (SSSR count). The topological polar surface area (TPSA) is 0 Å². The zero-order valence-electron chi connectivity index (χ0n) is 23.2. The van der Waals surface area contributed by atoms with Crippen molar-refractivity contribution < 1.29 is 0 Å². The second kappa shape index (κ2) is 10.3. The van der Waals surface area contributed by atoms with Crippen LogP contribution in [-0.2, 0) is 0 Å². The molecule has 4 atom stereocenters. The lowest BCUT2D eigenvalue weighted by atomic mass is 9.62. The molecule has 0 heterocycles. The highest BCUT2D eigenvalue weighted by atomic mass is 14.5. The van der Waals surface area contributed by atoms with Crippen LogP contribution in [0.1, 0.15) is 69.6 Å². The molecule has 37 heavy (non-hydrogen) atoms. The second-order valence-electron chi connectivity index (χ2n) is 11.7.